The van der Waals surface area contributed by atoms with Gasteiger partial charge in [-0.15, -0.1) is 0 Å². The molecule has 0 saturated heterocycles. The van der Waals surface area contributed by atoms with Crippen molar-refractivity contribution < 1.29 is 0 Å². The van der Waals surface area contributed by atoms with Crippen molar-refractivity contribution in [3.05, 3.63) is 0 Å². The fourth-order valence-electron chi connectivity index (χ4n) is 0.228. The normalized spacial score (nSPS) is 14.3. The van der Waals surface area contributed by atoms with Gasteiger partial charge >= 0.3 is 0 Å². The van der Waals surface area contributed by atoms with Gasteiger partial charge in [0, 0.05) is 5.25 Å². The van der Waals surface area contributed by atoms with Crippen molar-refractivity contribution in [1.82, 2.24) is 4.31 Å². The first-order valence-corrected chi connectivity index (χ1v) is 5.34. The van der Waals surface area contributed by atoms with E-state index in [-0.39, 0.29) is 0 Å². The first-order valence-electron chi connectivity index (χ1n) is 3.17. The number of nitrogens with zero attached hydrogens (tertiary/aromatic N) is 1. The van der Waals surface area contributed by atoms with E-state index in [2.05, 4.69) is 32.2 Å². The van der Waals surface area contributed by atoms with E-state index in [4.69, 9.17) is 0 Å². The van der Waals surface area contributed by atoms with Crippen LogP contribution in [-0.4, -0.2) is 23.7 Å². The summed E-state index contributed by atoms with van der Waals surface area (Å²) < 4.78 is 2.12. The predicted molar refractivity (Wildman–Crippen MR) is 48.6 cm³/mol. The minimum atomic E-state index is 0.775. The average molecular weight is 165 g/mol. The number of hydrogen-bond acceptors (Lipinski definition) is 3. The summed E-state index contributed by atoms with van der Waals surface area (Å²) in [5, 5.41) is 0.775. The van der Waals surface area contributed by atoms with Crippen molar-refractivity contribution in [2.75, 3.05) is 14.1 Å². The zero-order chi connectivity index (χ0) is 7.28. The van der Waals surface area contributed by atoms with Gasteiger partial charge in [0.1, 0.15) is 0 Å². The molecule has 0 aliphatic rings. The van der Waals surface area contributed by atoms with Crippen molar-refractivity contribution in [2.24, 2.45) is 0 Å². The van der Waals surface area contributed by atoms with Crippen LogP contribution in [0.2, 0.25) is 0 Å². The third-order valence-corrected chi connectivity index (χ3v) is 4.12. The monoisotopic (exact) mass is 165 g/mol. The number of rotatable bonds is 4. The molecule has 0 rings (SSSR count). The van der Waals surface area contributed by atoms with E-state index in [0.717, 1.165) is 5.25 Å². The Morgan fingerprint density at radius 3 is 2.33 bits per heavy atom. The molecule has 0 N–H and O–H groups in total. The molecule has 0 aromatic rings. The molecule has 0 aliphatic heterocycles. The smallest absolute Gasteiger partial charge is 0.0133 e. The Hall–Kier alpha value is 0.660. The lowest BCUT2D eigenvalue weighted by atomic mass is 10.4. The highest BCUT2D eigenvalue weighted by Crippen LogP contribution is 2.29. The van der Waals surface area contributed by atoms with Crippen LogP contribution in [0.3, 0.4) is 0 Å². The van der Waals surface area contributed by atoms with Crippen molar-refractivity contribution in [2.45, 2.75) is 25.5 Å². The Kier molecular flexibility index (Phi) is 5.84. The van der Waals surface area contributed by atoms with Crippen LogP contribution in [0, 0.1) is 0 Å². The summed E-state index contributed by atoms with van der Waals surface area (Å²) in [6.07, 6.45) is 1.26. The Balaban J connectivity index is 3.06. The maximum absolute atomic E-state index is 2.25. The summed E-state index contributed by atoms with van der Waals surface area (Å²) in [6, 6.07) is 0. The molecule has 56 valence electrons. The van der Waals surface area contributed by atoms with Crippen LogP contribution < -0.4 is 0 Å². The van der Waals surface area contributed by atoms with Crippen LogP contribution in [0.25, 0.3) is 0 Å². The molecule has 1 nitrogen and oxygen atoms in total. The standard InChI is InChI=1S/C6H15NS2/c1-5-6(2)8-9-7(3)4/h6H,5H2,1-4H3. The number of hydrogen-bond donors (Lipinski definition) is 0. The first kappa shape index (κ1) is 9.66. The molecule has 0 aromatic heterocycles. The van der Waals surface area contributed by atoms with Crippen LogP contribution in [0.15, 0.2) is 0 Å². The van der Waals surface area contributed by atoms with Gasteiger partial charge in [-0.05, 0) is 31.5 Å². The van der Waals surface area contributed by atoms with Crippen LogP contribution in [0.4, 0.5) is 0 Å². The van der Waals surface area contributed by atoms with E-state index >= 15 is 0 Å². The van der Waals surface area contributed by atoms with Gasteiger partial charge in [-0.1, -0.05) is 24.6 Å². The first-order chi connectivity index (χ1) is 4.16. The summed E-state index contributed by atoms with van der Waals surface area (Å²) in [5.41, 5.74) is 0. The largest absolute Gasteiger partial charge is 0.247 e. The molecule has 0 aromatic carbocycles. The maximum Gasteiger partial charge on any atom is 0.0133 e. The van der Waals surface area contributed by atoms with Gasteiger partial charge < -0.3 is 0 Å². The molecule has 0 heterocycles. The molecule has 0 aliphatic carbocycles. The second-order valence-electron chi connectivity index (χ2n) is 2.20. The van der Waals surface area contributed by atoms with Gasteiger partial charge in [-0.3, -0.25) is 0 Å². The minimum absolute atomic E-state index is 0.775. The SMILES string of the molecule is CCC(C)SSN(C)C. The Morgan fingerprint density at radius 1 is 1.44 bits per heavy atom. The van der Waals surface area contributed by atoms with Crippen LogP contribution in [0.5, 0.6) is 0 Å². The molecule has 0 radical (unpaired) electrons. The molecule has 0 amide bonds. The van der Waals surface area contributed by atoms with Gasteiger partial charge in [-0.2, -0.15) is 0 Å². The summed E-state index contributed by atoms with van der Waals surface area (Å²) in [7, 11) is 7.88. The average Bonchev–Trinajstić information content (AvgIpc) is 1.83. The molecule has 0 spiro atoms. The molecule has 0 bridgehead atoms. The molecule has 1 unspecified atom stereocenters. The van der Waals surface area contributed by atoms with Crippen molar-refractivity contribution in [1.29, 1.82) is 0 Å². The highest BCUT2D eigenvalue weighted by atomic mass is 33.1. The van der Waals surface area contributed by atoms with E-state index in [1.165, 1.54) is 6.42 Å². The van der Waals surface area contributed by atoms with Gasteiger partial charge in [0.15, 0.2) is 0 Å². The van der Waals surface area contributed by atoms with Crippen molar-refractivity contribution in [3.63, 3.8) is 0 Å². The summed E-state index contributed by atoms with van der Waals surface area (Å²) in [6.45, 7) is 4.47. The Labute approximate surface area is 66.1 Å². The third kappa shape index (κ3) is 6.55. The van der Waals surface area contributed by atoms with Crippen molar-refractivity contribution in [3.8, 4) is 0 Å². The zero-order valence-corrected chi connectivity index (χ0v) is 8.18. The van der Waals surface area contributed by atoms with Gasteiger partial charge in [0.25, 0.3) is 0 Å². The van der Waals surface area contributed by atoms with Crippen LogP contribution in [-0.2, 0) is 0 Å². The van der Waals surface area contributed by atoms with Crippen molar-refractivity contribution >= 4 is 21.8 Å². The molecular formula is C6H15NS2. The Bertz CT molecular complexity index is 66.1. The quantitative estimate of drug-likeness (QED) is 0.466. The summed E-state index contributed by atoms with van der Waals surface area (Å²) in [4.78, 5) is 0. The molecule has 9 heavy (non-hydrogen) atoms. The molecule has 0 saturated carbocycles. The Morgan fingerprint density at radius 2 is 2.00 bits per heavy atom. The lowest BCUT2D eigenvalue weighted by Crippen LogP contribution is -1.99. The third-order valence-electron chi connectivity index (χ3n) is 0.931. The zero-order valence-electron chi connectivity index (χ0n) is 6.55. The van der Waals surface area contributed by atoms with Gasteiger partial charge in [0.05, 0.1) is 0 Å². The minimum Gasteiger partial charge on any atom is -0.247 e. The fraction of sp³-hybridized carbons (Fsp3) is 1.00. The highest BCUT2D eigenvalue weighted by molar-refractivity contribution is 8.76. The second-order valence-corrected chi connectivity index (χ2v) is 5.10. The van der Waals surface area contributed by atoms with E-state index in [1.54, 1.807) is 0 Å². The molecular weight excluding hydrogens is 150 g/mol. The van der Waals surface area contributed by atoms with E-state index < -0.39 is 0 Å². The molecule has 3 heteroatoms. The molecule has 1 atom stereocenters. The molecule has 0 fully saturated rings. The second kappa shape index (κ2) is 5.45. The summed E-state index contributed by atoms with van der Waals surface area (Å²) >= 11 is 0. The van der Waals surface area contributed by atoms with E-state index in [9.17, 15) is 0 Å². The lowest BCUT2D eigenvalue weighted by molar-refractivity contribution is 0.711. The van der Waals surface area contributed by atoms with E-state index in [0.29, 0.717) is 0 Å². The topological polar surface area (TPSA) is 3.24 Å². The lowest BCUT2D eigenvalue weighted by Gasteiger charge is -2.10. The maximum atomic E-state index is 2.25. The summed E-state index contributed by atoms with van der Waals surface area (Å²) in [5.74, 6) is 0. The predicted octanol–water partition coefficient (Wildman–Crippen LogP) is 2.64. The van der Waals surface area contributed by atoms with Crippen LogP contribution >= 0.6 is 21.8 Å². The van der Waals surface area contributed by atoms with E-state index in [1.807, 2.05) is 21.8 Å². The van der Waals surface area contributed by atoms with Crippen LogP contribution in [0.1, 0.15) is 20.3 Å². The van der Waals surface area contributed by atoms with Gasteiger partial charge in [-0.25, -0.2) is 4.31 Å². The highest BCUT2D eigenvalue weighted by Gasteiger charge is 1.99. The fourth-order valence-corrected chi connectivity index (χ4v) is 2.05. The van der Waals surface area contributed by atoms with Gasteiger partial charge in [0.2, 0.25) is 0 Å².